The molecule has 0 atom stereocenters. The first kappa shape index (κ1) is 39.9. The highest BCUT2D eigenvalue weighted by molar-refractivity contribution is 6.29. The summed E-state index contributed by atoms with van der Waals surface area (Å²) in [5.74, 6) is 0.503. The van der Waals surface area contributed by atoms with Crippen molar-refractivity contribution in [3.05, 3.63) is 236 Å². The van der Waals surface area contributed by atoms with Gasteiger partial charge in [-0.3, -0.25) is 0 Å². The number of benzene rings is 10. The minimum atomic E-state index is 0.423. The van der Waals surface area contributed by atoms with Gasteiger partial charge in [-0.25, -0.2) is 9.97 Å². The fourth-order valence-corrected chi connectivity index (χ4v) is 11.5. The number of para-hydroxylation sites is 5. The number of rotatable bonds is 6. The van der Waals surface area contributed by atoms with Crippen molar-refractivity contribution in [3.63, 3.8) is 0 Å². The topological polar surface area (TPSA) is 77.5 Å². The van der Waals surface area contributed by atoms with Crippen LogP contribution in [0.2, 0.25) is 0 Å². The van der Waals surface area contributed by atoms with E-state index in [1.165, 1.54) is 21.5 Å². The summed E-state index contributed by atoms with van der Waals surface area (Å²) < 4.78 is 14.3. The van der Waals surface area contributed by atoms with E-state index in [1.807, 2.05) is 78.9 Å². The number of hydrogen-bond acceptors (Lipinski definition) is 4. The monoisotopic (exact) mass is 918 g/mol. The van der Waals surface area contributed by atoms with Crippen LogP contribution in [0.5, 0.6) is 0 Å². The Labute approximate surface area is 411 Å². The van der Waals surface area contributed by atoms with Crippen molar-refractivity contribution in [2.75, 3.05) is 0 Å². The van der Waals surface area contributed by atoms with Crippen LogP contribution in [0.4, 0.5) is 0 Å². The highest BCUT2D eigenvalue weighted by Crippen LogP contribution is 2.47. The lowest BCUT2D eigenvalue weighted by atomic mass is 9.99. The molecule has 0 spiro atoms. The summed E-state index contributed by atoms with van der Waals surface area (Å²) in [4.78, 5) is 10.6. The molecule has 0 aliphatic rings. The zero-order valence-electron chi connectivity index (χ0n) is 38.5. The Morgan fingerprint density at radius 2 is 0.861 bits per heavy atom. The van der Waals surface area contributed by atoms with E-state index in [0.29, 0.717) is 28.4 Å². The largest absolute Gasteiger partial charge is 0.454 e. The first-order chi connectivity index (χ1) is 35.7. The molecular weight excluding hydrogens is 881 g/mol. The van der Waals surface area contributed by atoms with Gasteiger partial charge in [0.15, 0.2) is 11.4 Å². The van der Waals surface area contributed by atoms with Crippen LogP contribution in [0.1, 0.15) is 5.56 Å². The number of fused-ring (bicyclic) bond motifs is 13. The molecule has 72 heavy (non-hydrogen) atoms. The van der Waals surface area contributed by atoms with Crippen LogP contribution in [-0.2, 0) is 0 Å². The van der Waals surface area contributed by atoms with Crippen molar-refractivity contribution < 1.29 is 4.42 Å². The van der Waals surface area contributed by atoms with E-state index in [9.17, 15) is 5.26 Å². The highest BCUT2D eigenvalue weighted by Gasteiger charge is 2.27. The Kier molecular flexibility index (Phi) is 8.59. The quantitative estimate of drug-likeness (QED) is 0.166. The zero-order chi connectivity index (χ0) is 47.4. The molecule has 7 heteroatoms. The summed E-state index contributed by atoms with van der Waals surface area (Å²) in [6.45, 7) is 0. The lowest BCUT2D eigenvalue weighted by Gasteiger charge is -2.14. The maximum Gasteiger partial charge on any atom is 0.161 e. The van der Waals surface area contributed by atoms with Crippen LogP contribution in [0.15, 0.2) is 235 Å². The molecule has 0 N–H and O–H groups in total. The maximum absolute atomic E-state index is 10.8. The van der Waals surface area contributed by atoms with Crippen LogP contribution < -0.4 is 0 Å². The van der Waals surface area contributed by atoms with Crippen LogP contribution in [-0.4, -0.2) is 23.7 Å². The fourth-order valence-electron chi connectivity index (χ4n) is 11.5. The van der Waals surface area contributed by atoms with E-state index in [1.54, 1.807) is 0 Å². The lowest BCUT2D eigenvalue weighted by molar-refractivity contribution is 0.666. The van der Waals surface area contributed by atoms with Crippen molar-refractivity contribution in [1.29, 1.82) is 5.26 Å². The summed E-state index contributed by atoms with van der Waals surface area (Å²) in [7, 11) is 0. The van der Waals surface area contributed by atoms with Crippen LogP contribution in [0.25, 0.3) is 138 Å². The zero-order valence-corrected chi connectivity index (χ0v) is 38.5. The maximum atomic E-state index is 10.8. The summed E-state index contributed by atoms with van der Waals surface area (Å²) in [6, 6.07) is 83.1. The minimum Gasteiger partial charge on any atom is -0.454 e. The summed E-state index contributed by atoms with van der Waals surface area (Å²) >= 11 is 0. The van der Waals surface area contributed by atoms with Gasteiger partial charge in [-0.15, -0.1) is 0 Å². The van der Waals surface area contributed by atoms with Gasteiger partial charge in [0, 0.05) is 71.2 Å². The first-order valence-electron chi connectivity index (χ1n) is 24.1. The minimum absolute atomic E-state index is 0.423. The molecular formula is C65H38N6O. The SMILES string of the molecule is N#Cc1c(-c2ccccc2)nc(-c2ccc(-n3c4ccc(-n5c6ccccc6c6ccccc65)cc4c4c5c6ccccc6n(-c6ccccc6)c5ccc43)c3oc4ccccc4c23)nc1-c1ccccc1. The van der Waals surface area contributed by atoms with E-state index in [-0.39, 0.29) is 0 Å². The summed E-state index contributed by atoms with van der Waals surface area (Å²) in [5, 5.41) is 19.7. The van der Waals surface area contributed by atoms with E-state index >= 15 is 0 Å². The van der Waals surface area contributed by atoms with E-state index in [4.69, 9.17) is 14.4 Å². The molecule has 0 bridgehead atoms. The van der Waals surface area contributed by atoms with Gasteiger partial charge in [-0.2, -0.15) is 5.26 Å². The average Bonchev–Trinajstić information content (AvgIpc) is 4.20. The molecule has 7 nitrogen and oxygen atoms in total. The Bertz CT molecular complexity index is 4630. The normalized spacial score (nSPS) is 11.9. The molecule has 15 rings (SSSR count). The Balaban J connectivity index is 1.06. The third-order valence-corrected chi connectivity index (χ3v) is 14.5. The van der Waals surface area contributed by atoms with Gasteiger partial charge in [0.25, 0.3) is 0 Å². The number of hydrogen-bond donors (Lipinski definition) is 0. The molecule has 334 valence electrons. The van der Waals surface area contributed by atoms with Gasteiger partial charge in [-0.1, -0.05) is 152 Å². The number of nitriles is 1. The number of aromatic nitrogens is 5. The molecule has 0 aliphatic heterocycles. The molecule has 0 fully saturated rings. The van der Waals surface area contributed by atoms with Gasteiger partial charge in [-0.05, 0) is 78.9 Å². The molecule has 5 aromatic heterocycles. The van der Waals surface area contributed by atoms with Gasteiger partial charge in [0.05, 0.1) is 50.2 Å². The smallest absolute Gasteiger partial charge is 0.161 e. The fraction of sp³-hybridized carbons (Fsp3) is 0. The third-order valence-electron chi connectivity index (χ3n) is 14.5. The van der Waals surface area contributed by atoms with Gasteiger partial charge in [0.2, 0.25) is 0 Å². The highest BCUT2D eigenvalue weighted by atomic mass is 16.3. The second-order valence-electron chi connectivity index (χ2n) is 18.3. The second kappa shape index (κ2) is 15.5. The van der Waals surface area contributed by atoms with E-state index < -0.39 is 0 Å². The Hall–Kier alpha value is -10.0. The molecule has 0 saturated heterocycles. The van der Waals surface area contributed by atoms with Gasteiger partial charge >= 0.3 is 0 Å². The van der Waals surface area contributed by atoms with Crippen molar-refractivity contribution in [2.45, 2.75) is 0 Å². The Morgan fingerprint density at radius 1 is 0.375 bits per heavy atom. The molecule has 10 aromatic carbocycles. The average molecular weight is 919 g/mol. The summed E-state index contributed by atoms with van der Waals surface area (Å²) in [5.41, 5.74) is 15.3. The second-order valence-corrected chi connectivity index (χ2v) is 18.3. The predicted molar refractivity (Wildman–Crippen MR) is 293 cm³/mol. The van der Waals surface area contributed by atoms with Gasteiger partial charge < -0.3 is 18.1 Å². The number of nitrogens with zero attached hydrogens (tertiary/aromatic N) is 6. The molecule has 5 heterocycles. The van der Waals surface area contributed by atoms with Crippen molar-refractivity contribution in [1.82, 2.24) is 23.7 Å². The van der Waals surface area contributed by atoms with Crippen molar-refractivity contribution >= 4 is 87.4 Å². The third kappa shape index (κ3) is 5.72. The number of furan rings is 1. The molecule has 15 aromatic rings. The predicted octanol–water partition coefficient (Wildman–Crippen LogP) is 16.5. The molecule has 0 saturated carbocycles. The van der Waals surface area contributed by atoms with Gasteiger partial charge in [0.1, 0.15) is 17.2 Å². The summed E-state index contributed by atoms with van der Waals surface area (Å²) in [6.07, 6.45) is 0. The molecule has 0 aliphatic carbocycles. The lowest BCUT2D eigenvalue weighted by Crippen LogP contribution is -2.02. The Morgan fingerprint density at radius 3 is 1.50 bits per heavy atom. The van der Waals surface area contributed by atoms with Crippen LogP contribution in [0.3, 0.4) is 0 Å². The molecule has 0 radical (unpaired) electrons. The molecule has 0 amide bonds. The van der Waals surface area contributed by atoms with Crippen molar-refractivity contribution in [2.24, 2.45) is 0 Å². The standard InChI is InChI=1S/C65H38N6O/c66-39-50-62(40-18-4-1-5-19-40)67-65(68-63(50)41-20-6-2-7-21-41)48-33-35-57(64-59(48)47-27-13-17-31-58(47)72-64)71-54-34-32-43(70-51-28-14-10-24-44(51)45-25-11-15-29-52(45)70)38-49(54)61-56(71)37-36-55-60(61)46-26-12-16-30-53(46)69(55)42-22-8-3-9-23-42/h1-38H. The van der Waals surface area contributed by atoms with Crippen molar-refractivity contribution in [3.8, 4) is 57.0 Å². The first-order valence-corrected chi connectivity index (χ1v) is 24.1. The van der Waals surface area contributed by atoms with Crippen LogP contribution >= 0.6 is 0 Å². The van der Waals surface area contributed by atoms with E-state index in [0.717, 1.165) is 94.0 Å². The van der Waals surface area contributed by atoms with E-state index in [2.05, 4.69) is 171 Å². The molecule has 0 unspecified atom stereocenters. The van der Waals surface area contributed by atoms with Crippen LogP contribution in [0, 0.1) is 11.3 Å².